The summed E-state index contributed by atoms with van der Waals surface area (Å²) >= 11 is 0. The first-order chi connectivity index (χ1) is 13.2. The van der Waals surface area contributed by atoms with Crippen LogP contribution in [0.25, 0.3) is 0 Å². The Balaban J connectivity index is 1.88. The Morgan fingerprint density at radius 3 is 1.74 bits per heavy atom. The summed E-state index contributed by atoms with van der Waals surface area (Å²) in [6.07, 6.45) is 1.77. The third-order valence-corrected chi connectivity index (χ3v) is 5.27. The number of rotatable bonds is 8. The Labute approximate surface area is 162 Å². The largest absolute Gasteiger partial charge is 0.530 e. The molecular formula is C23H25O3P. The van der Waals surface area contributed by atoms with Gasteiger partial charge < -0.3 is 13.6 Å². The van der Waals surface area contributed by atoms with Crippen molar-refractivity contribution in [2.75, 3.05) is 0 Å². The van der Waals surface area contributed by atoms with Crippen molar-refractivity contribution in [2.24, 2.45) is 0 Å². The van der Waals surface area contributed by atoms with Crippen LogP contribution in [0.15, 0.2) is 72.8 Å². The molecule has 0 aromatic heterocycles. The smallest absolute Gasteiger partial charge is 0.408 e. The summed E-state index contributed by atoms with van der Waals surface area (Å²) < 4.78 is 18.5. The number of aryl methyl sites for hydroxylation is 3. The molecule has 3 aromatic carbocycles. The SMILES string of the molecule is CCc1ccccc1OP(Oc1cccc(C)c1)Oc1ccccc1CC. The Hall–Kier alpha value is -2.51. The molecule has 4 heteroatoms. The molecule has 0 aliphatic heterocycles. The number of hydrogen-bond acceptors (Lipinski definition) is 3. The van der Waals surface area contributed by atoms with Gasteiger partial charge in [-0.2, -0.15) is 0 Å². The lowest BCUT2D eigenvalue weighted by Crippen LogP contribution is -2.05. The predicted molar refractivity (Wildman–Crippen MR) is 112 cm³/mol. The van der Waals surface area contributed by atoms with Crippen LogP contribution in [0, 0.1) is 6.92 Å². The van der Waals surface area contributed by atoms with E-state index in [0.717, 1.165) is 46.8 Å². The fourth-order valence-corrected chi connectivity index (χ4v) is 3.82. The zero-order valence-electron chi connectivity index (χ0n) is 16.0. The Kier molecular flexibility index (Phi) is 6.73. The summed E-state index contributed by atoms with van der Waals surface area (Å²) in [5.74, 6) is 2.34. The second-order valence-corrected chi connectivity index (χ2v) is 7.23. The third-order valence-electron chi connectivity index (χ3n) is 4.22. The van der Waals surface area contributed by atoms with Crippen LogP contribution in [0.4, 0.5) is 0 Å². The molecule has 27 heavy (non-hydrogen) atoms. The molecule has 3 rings (SSSR count). The molecule has 3 aromatic rings. The molecule has 3 nitrogen and oxygen atoms in total. The van der Waals surface area contributed by atoms with Gasteiger partial charge in [0.2, 0.25) is 0 Å². The van der Waals surface area contributed by atoms with Gasteiger partial charge in [0.25, 0.3) is 0 Å². The van der Waals surface area contributed by atoms with E-state index in [1.807, 2.05) is 67.6 Å². The van der Waals surface area contributed by atoms with Crippen molar-refractivity contribution in [3.63, 3.8) is 0 Å². The summed E-state index contributed by atoms with van der Waals surface area (Å²) in [5.41, 5.74) is 3.39. The molecule has 0 bridgehead atoms. The minimum absolute atomic E-state index is 0.740. The maximum atomic E-state index is 6.20. The van der Waals surface area contributed by atoms with Crippen LogP contribution in [0.5, 0.6) is 17.2 Å². The summed E-state index contributed by atoms with van der Waals surface area (Å²) in [6.45, 7) is 6.26. The molecule has 0 radical (unpaired) electrons. The number of benzene rings is 3. The quantitative estimate of drug-likeness (QED) is 0.399. The monoisotopic (exact) mass is 380 g/mol. The minimum Gasteiger partial charge on any atom is -0.408 e. The van der Waals surface area contributed by atoms with Crippen LogP contribution in [0.3, 0.4) is 0 Å². The highest BCUT2D eigenvalue weighted by molar-refractivity contribution is 7.43. The van der Waals surface area contributed by atoms with E-state index in [2.05, 4.69) is 26.0 Å². The molecule has 0 unspecified atom stereocenters. The first-order valence-electron chi connectivity index (χ1n) is 9.26. The second kappa shape index (κ2) is 9.43. The zero-order valence-corrected chi connectivity index (χ0v) is 16.9. The van der Waals surface area contributed by atoms with Crippen molar-refractivity contribution in [1.82, 2.24) is 0 Å². The van der Waals surface area contributed by atoms with Crippen molar-refractivity contribution < 1.29 is 13.6 Å². The molecule has 0 amide bonds. The van der Waals surface area contributed by atoms with E-state index in [1.165, 1.54) is 0 Å². The van der Waals surface area contributed by atoms with E-state index in [9.17, 15) is 0 Å². The van der Waals surface area contributed by atoms with Crippen molar-refractivity contribution in [3.05, 3.63) is 89.5 Å². The van der Waals surface area contributed by atoms with Gasteiger partial charge in [-0.15, -0.1) is 0 Å². The van der Waals surface area contributed by atoms with Crippen LogP contribution in [0.1, 0.15) is 30.5 Å². The number of hydrogen-bond donors (Lipinski definition) is 0. The van der Waals surface area contributed by atoms with E-state index < -0.39 is 8.60 Å². The highest BCUT2D eigenvalue weighted by atomic mass is 31.2. The van der Waals surface area contributed by atoms with Crippen LogP contribution >= 0.6 is 8.60 Å². The Bertz CT molecular complexity index is 829. The van der Waals surface area contributed by atoms with Gasteiger partial charge in [-0.1, -0.05) is 62.4 Å². The van der Waals surface area contributed by atoms with Gasteiger partial charge >= 0.3 is 8.60 Å². The first kappa shape index (κ1) is 19.3. The molecule has 0 heterocycles. The number of para-hydroxylation sites is 2. The highest BCUT2D eigenvalue weighted by Crippen LogP contribution is 2.44. The normalized spacial score (nSPS) is 10.7. The molecule has 0 aliphatic rings. The zero-order chi connectivity index (χ0) is 19.1. The van der Waals surface area contributed by atoms with E-state index in [1.54, 1.807) is 0 Å². The molecule has 140 valence electrons. The van der Waals surface area contributed by atoms with Gasteiger partial charge in [0.15, 0.2) is 0 Å². The first-order valence-corrected chi connectivity index (χ1v) is 10.4. The lowest BCUT2D eigenvalue weighted by Gasteiger charge is -2.20. The van der Waals surface area contributed by atoms with E-state index in [4.69, 9.17) is 13.6 Å². The van der Waals surface area contributed by atoms with E-state index >= 15 is 0 Å². The topological polar surface area (TPSA) is 27.7 Å². The van der Waals surface area contributed by atoms with Gasteiger partial charge in [0, 0.05) is 0 Å². The third kappa shape index (κ3) is 5.24. The van der Waals surface area contributed by atoms with Crippen LogP contribution in [-0.2, 0) is 12.8 Å². The average molecular weight is 380 g/mol. The summed E-state index contributed by atoms with van der Waals surface area (Å²) in [5, 5.41) is 0. The summed E-state index contributed by atoms with van der Waals surface area (Å²) in [6, 6.07) is 23.9. The predicted octanol–water partition coefficient (Wildman–Crippen LogP) is 6.88. The fourth-order valence-electron chi connectivity index (χ4n) is 2.74. The molecule has 0 aliphatic carbocycles. The van der Waals surface area contributed by atoms with Gasteiger partial charge in [0.05, 0.1) is 0 Å². The van der Waals surface area contributed by atoms with E-state index in [-0.39, 0.29) is 0 Å². The summed E-state index contributed by atoms with van der Waals surface area (Å²) in [7, 11) is -1.65. The van der Waals surface area contributed by atoms with Gasteiger partial charge in [-0.25, -0.2) is 0 Å². The highest BCUT2D eigenvalue weighted by Gasteiger charge is 2.22. The maximum Gasteiger partial charge on any atom is 0.530 e. The van der Waals surface area contributed by atoms with Crippen LogP contribution in [0.2, 0.25) is 0 Å². The molecule has 0 saturated carbocycles. The van der Waals surface area contributed by atoms with Gasteiger partial charge in [-0.05, 0) is 60.7 Å². The molecule has 0 atom stereocenters. The average Bonchev–Trinajstić information content (AvgIpc) is 2.69. The maximum absolute atomic E-state index is 6.20. The molecule has 0 spiro atoms. The van der Waals surface area contributed by atoms with E-state index in [0.29, 0.717) is 0 Å². The lowest BCUT2D eigenvalue weighted by atomic mass is 10.1. The standard InChI is InChI=1S/C23H25O3P/c1-4-19-12-6-8-15-22(19)25-27(24-21-14-10-11-18(3)17-21)26-23-16-9-7-13-20(23)5-2/h6-17H,4-5H2,1-3H3. The molecule has 0 fully saturated rings. The lowest BCUT2D eigenvalue weighted by molar-refractivity contribution is 0.385. The van der Waals surface area contributed by atoms with Gasteiger partial charge in [-0.3, -0.25) is 0 Å². The van der Waals surface area contributed by atoms with Gasteiger partial charge in [0.1, 0.15) is 17.2 Å². The fraction of sp³-hybridized carbons (Fsp3) is 0.217. The second-order valence-electron chi connectivity index (χ2n) is 6.24. The van der Waals surface area contributed by atoms with Crippen molar-refractivity contribution in [1.29, 1.82) is 0 Å². The minimum atomic E-state index is -1.65. The molecular weight excluding hydrogens is 355 g/mol. The van der Waals surface area contributed by atoms with Crippen LogP contribution in [-0.4, -0.2) is 0 Å². The molecule has 0 N–H and O–H groups in total. The Morgan fingerprint density at radius 1 is 0.667 bits per heavy atom. The van der Waals surface area contributed by atoms with Crippen molar-refractivity contribution >= 4 is 8.60 Å². The van der Waals surface area contributed by atoms with Crippen molar-refractivity contribution in [2.45, 2.75) is 33.6 Å². The van der Waals surface area contributed by atoms with Crippen molar-refractivity contribution in [3.8, 4) is 17.2 Å². The Morgan fingerprint density at radius 2 is 1.22 bits per heavy atom. The van der Waals surface area contributed by atoms with Crippen LogP contribution < -0.4 is 13.6 Å². The molecule has 0 saturated heterocycles. The summed E-state index contributed by atoms with van der Waals surface area (Å²) in [4.78, 5) is 0.